The molecular formula is C47H56O7. The molecule has 4 aromatic rings. The Hall–Kier alpha value is -4.98. The zero-order valence-corrected chi connectivity index (χ0v) is 32.6. The van der Waals surface area contributed by atoms with Crippen molar-refractivity contribution in [1.29, 1.82) is 0 Å². The molecule has 0 saturated heterocycles. The van der Waals surface area contributed by atoms with Gasteiger partial charge in [0.15, 0.2) is 0 Å². The molecule has 54 heavy (non-hydrogen) atoms. The van der Waals surface area contributed by atoms with Crippen LogP contribution in [0.15, 0.2) is 103 Å². The predicted molar refractivity (Wildman–Crippen MR) is 217 cm³/mol. The standard InChI is InChI=1S/C47H56O7/c1-8-35-27-39(38-19-17-37(18-20-38)36-15-13-34(6)14-16-36)21-22-43(35)42-28-40(11-9-24-53-45(50)32(2)3)44(52-26-23-47(7,30-48)31-49)41(29-42)12-10-25-54-46(51)33(4)5/h13-22,27-29,48-49H,2,4,8-12,23-26,30-31H2,1,3,5-7H3. The highest BCUT2D eigenvalue weighted by Crippen LogP contribution is 2.37. The molecule has 7 nitrogen and oxygen atoms in total. The number of rotatable bonds is 20. The van der Waals surface area contributed by atoms with Gasteiger partial charge in [0, 0.05) is 16.6 Å². The lowest BCUT2D eigenvalue weighted by atomic mass is 9.89. The molecule has 7 heteroatoms. The minimum atomic E-state index is -0.688. The monoisotopic (exact) mass is 732 g/mol. The first kappa shape index (κ1) is 41.8. The highest BCUT2D eigenvalue weighted by molar-refractivity contribution is 5.87. The normalized spacial score (nSPS) is 11.2. The fraction of sp³-hybridized carbons (Fsp3) is 0.362. The van der Waals surface area contributed by atoms with E-state index in [1.54, 1.807) is 13.8 Å². The van der Waals surface area contributed by atoms with Crippen molar-refractivity contribution < 1.29 is 34.0 Å². The van der Waals surface area contributed by atoms with Gasteiger partial charge in [0.1, 0.15) is 5.75 Å². The van der Waals surface area contributed by atoms with Gasteiger partial charge in [0.25, 0.3) is 0 Å². The number of hydrogen-bond donors (Lipinski definition) is 2. The Morgan fingerprint density at radius 2 is 1.09 bits per heavy atom. The molecule has 0 fully saturated rings. The minimum Gasteiger partial charge on any atom is -0.493 e. The maximum atomic E-state index is 12.1. The SMILES string of the molecule is C=C(C)C(=O)OCCCc1cc(-c2ccc(-c3ccc(-c4ccc(C)cc4)cc3)cc2CC)cc(CCCOC(=O)C(=C)C)c1OCCC(C)(CO)CO. The summed E-state index contributed by atoms with van der Waals surface area (Å²) in [5.74, 6) is -0.122. The highest BCUT2D eigenvalue weighted by atomic mass is 16.5. The largest absolute Gasteiger partial charge is 0.493 e. The van der Waals surface area contributed by atoms with E-state index in [0.717, 1.165) is 45.6 Å². The van der Waals surface area contributed by atoms with Crippen LogP contribution in [-0.2, 0) is 38.3 Å². The summed E-state index contributed by atoms with van der Waals surface area (Å²) in [4.78, 5) is 24.2. The molecule has 0 unspecified atom stereocenters. The third kappa shape index (κ3) is 11.5. The van der Waals surface area contributed by atoms with Gasteiger partial charge in [0.2, 0.25) is 0 Å². The van der Waals surface area contributed by atoms with Crippen LogP contribution in [0.2, 0.25) is 0 Å². The Labute approximate surface area is 321 Å². The number of carbonyl (C=O) groups excluding carboxylic acids is 2. The van der Waals surface area contributed by atoms with Crippen LogP contribution in [0.3, 0.4) is 0 Å². The van der Waals surface area contributed by atoms with Gasteiger partial charge in [-0.1, -0.05) is 99.3 Å². The molecule has 0 aliphatic rings. The van der Waals surface area contributed by atoms with Crippen molar-refractivity contribution in [3.63, 3.8) is 0 Å². The number of esters is 2. The number of benzene rings is 4. The van der Waals surface area contributed by atoms with Crippen LogP contribution in [0.4, 0.5) is 0 Å². The quantitative estimate of drug-likeness (QED) is 0.0530. The topological polar surface area (TPSA) is 102 Å². The van der Waals surface area contributed by atoms with Crippen LogP contribution in [0.25, 0.3) is 33.4 Å². The molecule has 0 amide bonds. The maximum absolute atomic E-state index is 12.1. The summed E-state index contributed by atoms with van der Waals surface area (Å²) >= 11 is 0. The number of carbonyl (C=O) groups is 2. The molecule has 286 valence electrons. The second-order valence-electron chi connectivity index (χ2n) is 14.6. The summed E-state index contributed by atoms with van der Waals surface area (Å²) < 4.78 is 17.4. The summed E-state index contributed by atoms with van der Waals surface area (Å²) in [7, 11) is 0. The average Bonchev–Trinajstić information content (AvgIpc) is 3.18. The van der Waals surface area contributed by atoms with Crippen LogP contribution in [0, 0.1) is 12.3 Å². The van der Waals surface area contributed by atoms with Crippen LogP contribution < -0.4 is 4.74 Å². The number of hydrogen-bond acceptors (Lipinski definition) is 7. The molecule has 0 aromatic heterocycles. The van der Waals surface area contributed by atoms with Gasteiger partial charge in [-0.15, -0.1) is 0 Å². The van der Waals surface area contributed by atoms with E-state index in [1.165, 1.54) is 22.3 Å². The Morgan fingerprint density at radius 3 is 1.56 bits per heavy atom. The van der Waals surface area contributed by atoms with Gasteiger partial charge in [-0.05, 0) is 121 Å². The number of aliphatic hydroxyl groups excluding tert-OH is 2. The molecule has 0 radical (unpaired) electrons. The number of ether oxygens (including phenoxy) is 3. The van der Waals surface area contributed by atoms with Crippen molar-refractivity contribution in [2.75, 3.05) is 33.0 Å². The molecule has 4 rings (SSSR count). The Bertz CT molecular complexity index is 1840. The lowest BCUT2D eigenvalue weighted by Gasteiger charge is -2.26. The molecule has 0 spiro atoms. The van der Waals surface area contributed by atoms with Gasteiger partial charge in [0.05, 0.1) is 33.0 Å². The zero-order chi connectivity index (χ0) is 39.3. The summed E-state index contributed by atoms with van der Waals surface area (Å²) in [5.41, 5.74) is 11.2. The second kappa shape index (κ2) is 19.9. The van der Waals surface area contributed by atoms with Gasteiger partial charge in [-0.2, -0.15) is 0 Å². The molecule has 2 N–H and O–H groups in total. The molecule has 0 atom stereocenters. The molecule has 0 aliphatic heterocycles. The van der Waals surface area contributed by atoms with E-state index in [1.807, 2.05) is 6.92 Å². The third-order valence-corrected chi connectivity index (χ3v) is 9.70. The van der Waals surface area contributed by atoms with Crippen molar-refractivity contribution >= 4 is 11.9 Å². The van der Waals surface area contributed by atoms with E-state index >= 15 is 0 Å². The van der Waals surface area contributed by atoms with Crippen molar-refractivity contribution in [1.82, 2.24) is 0 Å². The van der Waals surface area contributed by atoms with Crippen LogP contribution in [0.5, 0.6) is 5.75 Å². The van der Waals surface area contributed by atoms with E-state index in [-0.39, 0.29) is 33.0 Å². The fourth-order valence-corrected chi connectivity index (χ4v) is 6.12. The second-order valence-corrected chi connectivity index (χ2v) is 14.6. The van der Waals surface area contributed by atoms with E-state index in [4.69, 9.17) is 14.2 Å². The fourth-order valence-electron chi connectivity index (χ4n) is 6.12. The van der Waals surface area contributed by atoms with Crippen molar-refractivity contribution in [3.8, 4) is 39.1 Å². The van der Waals surface area contributed by atoms with Gasteiger partial charge >= 0.3 is 11.9 Å². The van der Waals surface area contributed by atoms with E-state index < -0.39 is 17.4 Å². The Morgan fingerprint density at radius 1 is 0.648 bits per heavy atom. The summed E-state index contributed by atoms with van der Waals surface area (Å²) in [6.45, 7) is 17.1. The van der Waals surface area contributed by atoms with E-state index in [9.17, 15) is 19.8 Å². The molecule has 0 saturated carbocycles. The van der Waals surface area contributed by atoms with Crippen LogP contribution >= 0.6 is 0 Å². The number of aliphatic hydroxyl groups is 2. The Balaban J connectivity index is 1.71. The van der Waals surface area contributed by atoms with Gasteiger partial charge < -0.3 is 24.4 Å². The molecule has 0 aliphatic carbocycles. The first-order chi connectivity index (χ1) is 25.9. The molecular weight excluding hydrogens is 677 g/mol. The molecule has 0 heterocycles. The highest BCUT2D eigenvalue weighted by Gasteiger charge is 2.23. The van der Waals surface area contributed by atoms with Crippen molar-refractivity contribution in [2.24, 2.45) is 5.41 Å². The number of aryl methyl sites for hydroxylation is 4. The van der Waals surface area contributed by atoms with Crippen LogP contribution in [-0.4, -0.2) is 55.2 Å². The predicted octanol–water partition coefficient (Wildman–Crippen LogP) is 9.42. The Kier molecular flexibility index (Phi) is 15.4. The van der Waals surface area contributed by atoms with Crippen LogP contribution in [0.1, 0.15) is 69.2 Å². The average molecular weight is 733 g/mol. The summed E-state index contributed by atoms with van der Waals surface area (Å²) in [5, 5.41) is 19.8. The molecule has 4 aromatic carbocycles. The first-order valence-electron chi connectivity index (χ1n) is 18.8. The van der Waals surface area contributed by atoms with E-state index in [0.29, 0.717) is 43.3 Å². The van der Waals surface area contributed by atoms with Gasteiger partial charge in [-0.3, -0.25) is 0 Å². The summed E-state index contributed by atoms with van der Waals surface area (Å²) in [6.07, 6.45) is 3.56. The van der Waals surface area contributed by atoms with Gasteiger partial charge in [-0.25, -0.2) is 9.59 Å². The van der Waals surface area contributed by atoms with Crippen molar-refractivity contribution in [2.45, 2.75) is 73.1 Å². The van der Waals surface area contributed by atoms with Crippen molar-refractivity contribution in [3.05, 3.63) is 125 Å². The lowest BCUT2D eigenvalue weighted by Crippen LogP contribution is -2.28. The first-order valence-corrected chi connectivity index (χ1v) is 18.8. The summed E-state index contributed by atoms with van der Waals surface area (Å²) in [6, 6.07) is 28.2. The molecule has 0 bridgehead atoms. The third-order valence-electron chi connectivity index (χ3n) is 9.70. The smallest absolute Gasteiger partial charge is 0.333 e. The zero-order valence-electron chi connectivity index (χ0n) is 32.6. The maximum Gasteiger partial charge on any atom is 0.333 e. The lowest BCUT2D eigenvalue weighted by molar-refractivity contribution is -0.139. The van der Waals surface area contributed by atoms with E-state index in [2.05, 4.69) is 106 Å². The minimum absolute atomic E-state index is 0.166.